The van der Waals surface area contributed by atoms with Crippen LogP contribution in [-0.2, 0) is 0 Å². The fourth-order valence-electron chi connectivity index (χ4n) is 3.44. The highest BCUT2D eigenvalue weighted by Gasteiger charge is 2.19. The Morgan fingerprint density at radius 3 is 2.60 bits per heavy atom. The van der Waals surface area contributed by atoms with Crippen molar-refractivity contribution in [1.82, 2.24) is 5.32 Å². The molecule has 1 saturated carbocycles. The molecule has 20 heavy (non-hydrogen) atoms. The number of hydrogen-bond donors (Lipinski definition) is 1. The van der Waals surface area contributed by atoms with Crippen LogP contribution in [0.3, 0.4) is 0 Å². The summed E-state index contributed by atoms with van der Waals surface area (Å²) in [5.41, 5.74) is 1.34. The minimum atomic E-state index is 0.417. The lowest BCUT2D eigenvalue weighted by atomic mass is 9.95. The van der Waals surface area contributed by atoms with Gasteiger partial charge in [0.15, 0.2) is 0 Å². The summed E-state index contributed by atoms with van der Waals surface area (Å²) in [7, 11) is 0. The molecule has 1 nitrogen and oxygen atoms in total. The van der Waals surface area contributed by atoms with Crippen molar-refractivity contribution in [3.8, 4) is 0 Å². The Balaban J connectivity index is 1.85. The van der Waals surface area contributed by atoms with Crippen LogP contribution >= 0.6 is 11.6 Å². The molecule has 3 unspecified atom stereocenters. The van der Waals surface area contributed by atoms with E-state index in [0.717, 1.165) is 10.9 Å². The van der Waals surface area contributed by atoms with E-state index in [-0.39, 0.29) is 0 Å². The van der Waals surface area contributed by atoms with E-state index in [1.54, 1.807) is 0 Å². The highest BCUT2D eigenvalue weighted by atomic mass is 35.5. The Labute approximate surface area is 129 Å². The topological polar surface area (TPSA) is 12.0 Å². The molecule has 1 N–H and O–H groups in total. The largest absolute Gasteiger partial charge is 0.307 e. The molecular formula is C18H28ClN. The molecule has 1 aromatic carbocycles. The molecule has 0 aliphatic heterocycles. The molecular weight excluding hydrogens is 266 g/mol. The summed E-state index contributed by atoms with van der Waals surface area (Å²) >= 11 is 5.96. The predicted octanol–water partition coefficient (Wildman–Crippen LogP) is 5.74. The van der Waals surface area contributed by atoms with E-state index in [9.17, 15) is 0 Å². The van der Waals surface area contributed by atoms with Crippen molar-refractivity contribution in [1.29, 1.82) is 0 Å². The predicted molar refractivity (Wildman–Crippen MR) is 88.3 cm³/mol. The van der Waals surface area contributed by atoms with Crippen molar-refractivity contribution in [2.24, 2.45) is 5.92 Å². The molecule has 0 amide bonds. The second-order valence-electron chi connectivity index (χ2n) is 6.30. The van der Waals surface area contributed by atoms with Crippen molar-refractivity contribution in [3.05, 3.63) is 34.9 Å². The van der Waals surface area contributed by atoms with E-state index in [1.165, 1.54) is 50.5 Å². The van der Waals surface area contributed by atoms with Gasteiger partial charge in [-0.1, -0.05) is 56.3 Å². The average molecular weight is 294 g/mol. The third kappa shape index (κ3) is 4.79. The molecule has 3 atom stereocenters. The second kappa shape index (κ2) is 8.05. The summed E-state index contributed by atoms with van der Waals surface area (Å²) in [6, 6.07) is 9.34. The number of benzene rings is 1. The van der Waals surface area contributed by atoms with Crippen LogP contribution in [0.25, 0.3) is 0 Å². The van der Waals surface area contributed by atoms with Gasteiger partial charge in [-0.15, -0.1) is 0 Å². The zero-order valence-corrected chi connectivity index (χ0v) is 13.6. The molecule has 0 spiro atoms. The molecule has 1 aromatic rings. The molecule has 2 heteroatoms. The van der Waals surface area contributed by atoms with Crippen LogP contribution in [-0.4, -0.2) is 6.04 Å². The zero-order valence-electron chi connectivity index (χ0n) is 12.9. The van der Waals surface area contributed by atoms with Crippen molar-refractivity contribution in [3.63, 3.8) is 0 Å². The fraction of sp³-hybridized carbons (Fsp3) is 0.667. The maximum Gasteiger partial charge on any atom is 0.0406 e. The van der Waals surface area contributed by atoms with Gasteiger partial charge in [0.05, 0.1) is 0 Å². The van der Waals surface area contributed by atoms with E-state index in [1.807, 2.05) is 12.1 Å². The molecule has 1 aliphatic rings. The van der Waals surface area contributed by atoms with Gasteiger partial charge in [0.2, 0.25) is 0 Å². The minimum absolute atomic E-state index is 0.417. The highest BCUT2D eigenvalue weighted by Crippen LogP contribution is 2.28. The Morgan fingerprint density at radius 1 is 1.15 bits per heavy atom. The number of halogens is 1. The SMILES string of the molecule is CCCC1CCCC(NC(C)c2ccc(Cl)cc2)CC1. The van der Waals surface area contributed by atoms with Crippen LogP contribution in [0.4, 0.5) is 0 Å². The first-order chi connectivity index (χ1) is 9.69. The van der Waals surface area contributed by atoms with Crippen LogP contribution in [0.5, 0.6) is 0 Å². The van der Waals surface area contributed by atoms with Gasteiger partial charge in [-0.05, 0) is 49.8 Å². The van der Waals surface area contributed by atoms with E-state index in [0.29, 0.717) is 12.1 Å². The Bertz CT molecular complexity index is 387. The summed E-state index contributed by atoms with van der Waals surface area (Å²) in [6.45, 7) is 4.57. The van der Waals surface area contributed by atoms with Gasteiger partial charge in [0, 0.05) is 17.1 Å². The van der Waals surface area contributed by atoms with Crippen molar-refractivity contribution in [2.75, 3.05) is 0 Å². The average Bonchev–Trinajstić information content (AvgIpc) is 2.66. The van der Waals surface area contributed by atoms with Gasteiger partial charge >= 0.3 is 0 Å². The number of hydrogen-bond acceptors (Lipinski definition) is 1. The van der Waals surface area contributed by atoms with Gasteiger partial charge in [-0.3, -0.25) is 0 Å². The minimum Gasteiger partial charge on any atom is -0.307 e. The van der Waals surface area contributed by atoms with E-state index in [4.69, 9.17) is 11.6 Å². The van der Waals surface area contributed by atoms with Gasteiger partial charge in [-0.25, -0.2) is 0 Å². The van der Waals surface area contributed by atoms with E-state index >= 15 is 0 Å². The third-order valence-corrected chi connectivity index (χ3v) is 4.89. The summed E-state index contributed by atoms with van der Waals surface area (Å²) in [6.07, 6.45) is 9.64. The Hall–Kier alpha value is -0.530. The highest BCUT2D eigenvalue weighted by molar-refractivity contribution is 6.30. The van der Waals surface area contributed by atoms with Gasteiger partial charge < -0.3 is 5.32 Å². The molecule has 112 valence electrons. The van der Waals surface area contributed by atoms with Crippen LogP contribution in [0.2, 0.25) is 5.02 Å². The summed E-state index contributed by atoms with van der Waals surface area (Å²) in [5, 5.41) is 4.63. The lowest BCUT2D eigenvalue weighted by Gasteiger charge is -2.22. The fourth-order valence-corrected chi connectivity index (χ4v) is 3.57. The lowest BCUT2D eigenvalue weighted by Crippen LogP contribution is -2.31. The number of nitrogens with one attached hydrogen (secondary N) is 1. The molecule has 0 saturated heterocycles. The van der Waals surface area contributed by atoms with Crippen LogP contribution in [0, 0.1) is 5.92 Å². The normalized spacial score (nSPS) is 25.1. The summed E-state index contributed by atoms with van der Waals surface area (Å²) in [5.74, 6) is 0.970. The smallest absolute Gasteiger partial charge is 0.0406 e. The Morgan fingerprint density at radius 2 is 1.90 bits per heavy atom. The standard InChI is InChI=1S/C18H28ClN/c1-3-5-15-6-4-7-18(13-8-15)20-14(2)16-9-11-17(19)12-10-16/h9-12,14-15,18,20H,3-8,13H2,1-2H3. The van der Waals surface area contributed by atoms with E-state index < -0.39 is 0 Å². The van der Waals surface area contributed by atoms with Gasteiger partial charge in [0.1, 0.15) is 0 Å². The quantitative estimate of drug-likeness (QED) is 0.683. The van der Waals surface area contributed by atoms with Crippen LogP contribution < -0.4 is 5.32 Å². The molecule has 1 aliphatic carbocycles. The molecule has 0 bridgehead atoms. The summed E-state index contributed by atoms with van der Waals surface area (Å²) < 4.78 is 0. The molecule has 1 fully saturated rings. The summed E-state index contributed by atoms with van der Waals surface area (Å²) in [4.78, 5) is 0. The van der Waals surface area contributed by atoms with E-state index in [2.05, 4.69) is 31.3 Å². The van der Waals surface area contributed by atoms with Gasteiger partial charge in [-0.2, -0.15) is 0 Å². The van der Waals surface area contributed by atoms with Crippen LogP contribution in [0.1, 0.15) is 70.4 Å². The Kier molecular flexibility index (Phi) is 6.38. The van der Waals surface area contributed by atoms with Crippen molar-refractivity contribution >= 4 is 11.6 Å². The maximum atomic E-state index is 5.96. The third-order valence-electron chi connectivity index (χ3n) is 4.64. The molecule has 0 heterocycles. The molecule has 0 radical (unpaired) electrons. The zero-order chi connectivity index (χ0) is 14.4. The maximum absolute atomic E-state index is 5.96. The molecule has 2 rings (SSSR count). The number of rotatable bonds is 5. The van der Waals surface area contributed by atoms with Crippen molar-refractivity contribution in [2.45, 2.75) is 70.9 Å². The lowest BCUT2D eigenvalue weighted by molar-refractivity contribution is 0.393. The first kappa shape index (κ1) is 15.9. The molecule has 0 aromatic heterocycles. The first-order valence-corrected chi connectivity index (χ1v) is 8.58. The van der Waals surface area contributed by atoms with Crippen LogP contribution in [0.15, 0.2) is 24.3 Å². The van der Waals surface area contributed by atoms with Gasteiger partial charge in [0.25, 0.3) is 0 Å². The first-order valence-electron chi connectivity index (χ1n) is 8.20. The second-order valence-corrected chi connectivity index (χ2v) is 6.74. The van der Waals surface area contributed by atoms with Crippen molar-refractivity contribution < 1.29 is 0 Å². The monoisotopic (exact) mass is 293 g/mol.